The number of methoxy groups -OCH3 is 1. The monoisotopic (exact) mass is 394 g/mol. The maximum Gasteiger partial charge on any atom is 0.241 e. The van der Waals surface area contributed by atoms with Gasteiger partial charge in [-0.15, -0.1) is 0 Å². The van der Waals surface area contributed by atoms with Crippen LogP contribution in [0.1, 0.15) is 23.6 Å². The summed E-state index contributed by atoms with van der Waals surface area (Å²) in [6, 6.07) is 18.5. The van der Waals surface area contributed by atoms with Crippen molar-refractivity contribution in [3.05, 3.63) is 65.7 Å². The van der Waals surface area contributed by atoms with E-state index in [1.165, 1.54) is 5.56 Å². The Kier molecular flexibility index (Phi) is 6.44. The van der Waals surface area contributed by atoms with Crippen molar-refractivity contribution >= 4 is 5.91 Å². The molecule has 4 rings (SSSR count). The highest BCUT2D eigenvalue weighted by Crippen LogP contribution is 2.26. The van der Waals surface area contributed by atoms with E-state index in [9.17, 15) is 4.79 Å². The maximum absolute atomic E-state index is 13.0. The number of ether oxygens (including phenoxy) is 1. The summed E-state index contributed by atoms with van der Waals surface area (Å²) in [5, 5.41) is 0. The van der Waals surface area contributed by atoms with Crippen molar-refractivity contribution < 1.29 is 9.53 Å². The first-order valence-corrected chi connectivity index (χ1v) is 10.4. The lowest BCUT2D eigenvalue weighted by Gasteiger charge is -2.35. The van der Waals surface area contributed by atoms with Crippen LogP contribution in [-0.4, -0.2) is 61.6 Å². The quantitative estimate of drug-likeness (QED) is 0.785. The second-order valence-corrected chi connectivity index (χ2v) is 7.81. The molecule has 2 atom stereocenters. The number of nitrogens with zero attached hydrogens (tertiary/aromatic N) is 2. The molecule has 2 saturated heterocycles. The second-order valence-electron chi connectivity index (χ2n) is 7.81. The molecule has 2 aliphatic rings. The Morgan fingerprint density at radius 2 is 1.83 bits per heavy atom. The normalized spacial score (nSPS) is 22.6. The van der Waals surface area contributed by atoms with Gasteiger partial charge in [0.25, 0.3) is 0 Å². The molecule has 29 heavy (non-hydrogen) atoms. The lowest BCUT2D eigenvalue weighted by atomic mass is 10.0. The summed E-state index contributed by atoms with van der Waals surface area (Å²) < 4.78 is 5.31. The minimum atomic E-state index is -0.179. The maximum atomic E-state index is 13.0. The summed E-state index contributed by atoms with van der Waals surface area (Å²) in [6.45, 7) is 4.54. The van der Waals surface area contributed by atoms with Crippen LogP contribution in [0, 0.1) is 0 Å². The topological polar surface area (TPSA) is 56.8 Å². The van der Waals surface area contributed by atoms with Crippen molar-refractivity contribution in [2.75, 3.05) is 39.8 Å². The number of rotatable bonds is 6. The van der Waals surface area contributed by atoms with Crippen LogP contribution in [0.25, 0.3) is 0 Å². The molecule has 0 bridgehead atoms. The average Bonchev–Trinajstić information content (AvgIpc) is 3.29. The molecule has 0 spiro atoms. The van der Waals surface area contributed by atoms with Gasteiger partial charge in [-0.25, -0.2) is 10.9 Å². The van der Waals surface area contributed by atoms with Gasteiger partial charge in [0.15, 0.2) is 0 Å². The van der Waals surface area contributed by atoms with Crippen LogP contribution in [0.5, 0.6) is 5.75 Å². The van der Waals surface area contributed by atoms with Gasteiger partial charge in [0.05, 0.1) is 7.11 Å². The highest BCUT2D eigenvalue weighted by atomic mass is 16.5. The van der Waals surface area contributed by atoms with Crippen molar-refractivity contribution in [3.8, 4) is 5.75 Å². The number of carbonyl (C=O) groups is 1. The summed E-state index contributed by atoms with van der Waals surface area (Å²) in [7, 11) is 1.67. The van der Waals surface area contributed by atoms with Crippen molar-refractivity contribution in [1.82, 2.24) is 20.7 Å². The standard InChI is InChI=1S/C23H30N4O2/c1-29-20-9-5-8-19(16-20)21-17-22(25-24-21)23(28)27-14-12-26(13-15-27)11-10-18-6-3-2-4-7-18/h2-9,16,21-22,24-25H,10-15,17H2,1H3. The van der Waals surface area contributed by atoms with Gasteiger partial charge in [0.2, 0.25) is 5.91 Å². The minimum absolute atomic E-state index is 0.117. The van der Waals surface area contributed by atoms with Crippen molar-refractivity contribution in [2.24, 2.45) is 0 Å². The highest BCUT2D eigenvalue weighted by Gasteiger charge is 2.34. The molecular formula is C23H30N4O2. The van der Waals surface area contributed by atoms with Gasteiger partial charge >= 0.3 is 0 Å². The van der Waals surface area contributed by atoms with Crippen LogP contribution >= 0.6 is 0 Å². The predicted octanol–water partition coefficient (Wildman–Crippen LogP) is 1.99. The number of carbonyl (C=O) groups excluding carboxylic acids is 1. The van der Waals surface area contributed by atoms with Gasteiger partial charge in [-0.1, -0.05) is 42.5 Å². The van der Waals surface area contributed by atoms with Crippen LogP contribution in [-0.2, 0) is 11.2 Å². The van der Waals surface area contributed by atoms with Crippen molar-refractivity contribution in [2.45, 2.75) is 24.9 Å². The number of benzene rings is 2. The SMILES string of the molecule is COc1cccc(C2CC(C(=O)N3CCN(CCc4ccccc4)CC3)NN2)c1. The van der Waals surface area contributed by atoms with Crippen LogP contribution in [0.15, 0.2) is 54.6 Å². The summed E-state index contributed by atoms with van der Waals surface area (Å²) in [5.74, 6) is 1.04. The summed E-state index contributed by atoms with van der Waals surface area (Å²) >= 11 is 0. The molecule has 0 saturated carbocycles. The number of piperazine rings is 1. The van der Waals surface area contributed by atoms with E-state index in [0.29, 0.717) is 0 Å². The molecule has 2 aliphatic heterocycles. The van der Waals surface area contributed by atoms with Gasteiger partial charge < -0.3 is 9.64 Å². The summed E-state index contributed by atoms with van der Waals surface area (Å²) in [4.78, 5) is 17.4. The Bertz CT molecular complexity index is 806. The first-order chi connectivity index (χ1) is 14.2. The van der Waals surface area contributed by atoms with Crippen LogP contribution in [0.4, 0.5) is 0 Å². The van der Waals surface area contributed by atoms with E-state index in [0.717, 1.165) is 56.9 Å². The van der Waals surface area contributed by atoms with Crippen LogP contribution in [0.3, 0.4) is 0 Å². The van der Waals surface area contributed by atoms with Crippen LogP contribution < -0.4 is 15.6 Å². The Labute approximate surface area is 172 Å². The fourth-order valence-electron chi connectivity index (χ4n) is 4.14. The molecular weight excluding hydrogens is 364 g/mol. The average molecular weight is 395 g/mol. The fourth-order valence-corrected chi connectivity index (χ4v) is 4.14. The van der Waals surface area contributed by atoms with Crippen molar-refractivity contribution in [3.63, 3.8) is 0 Å². The second kappa shape index (κ2) is 9.39. The highest BCUT2D eigenvalue weighted by molar-refractivity contribution is 5.82. The Morgan fingerprint density at radius 3 is 2.59 bits per heavy atom. The number of nitrogens with one attached hydrogen (secondary N) is 2. The number of hydrazine groups is 1. The first kappa shape index (κ1) is 19.9. The zero-order chi connectivity index (χ0) is 20.1. The van der Waals surface area contributed by atoms with Gasteiger partial charge in [-0.3, -0.25) is 9.69 Å². The number of hydrogen-bond acceptors (Lipinski definition) is 5. The van der Waals surface area contributed by atoms with Crippen molar-refractivity contribution in [1.29, 1.82) is 0 Å². The van der Waals surface area contributed by atoms with E-state index in [1.807, 2.05) is 23.1 Å². The molecule has 6 heteroatoms. The molecule has 1 amide bonds. The Hall–Kier alpha value is -2.41. The zero-order valence-corrected chi connectivity index (χ0v) is 17.0. The molecule has 154 valence electrons. The molecule has 6 nitrogen and oxygen atoms in total. The fraction of sp³-hybridized carbons (Fsp3) is 0.435. The molecule has 0 aliphatic carbocycles. The molecule has 0 radical (unpaired) electrons. The zero-order valence-electron chi connectivity index (χ0n) is 17.0. The molecule has 2 aromatic rings. The smallest absolute Gasteiger partial charge is 0.241 e. The van der Waals surface area contributed by atoms with Crippen LogP contribution in [0.2, 0.25) is 0 Å². The van der Waals surface area contributed by atoms with E-state index < -0.39 is 0 Å². The Morgan fingerprint density at radius 1 is 1.03 bits per heavy atom. The van der Waals surface area contributed by atoms with E-state index >= 15 is 0 Å². The summed E-state index contributed by atoms with van der Waals surface area (Å²) in [5.41, 5.74) is 8.99. The summed E-state index contributed by atoms with van der Waals surface area (Å²) in [6.07, 6.45) is 1.81. The minimum Gasteiger partial charge on any atom is -0.497 e. The third-order valence-electron chi connectivity index (χ3n) is 5.94. The van der Waals surface area contributed by atoms with Gasteiger partial charge in [0.1, 0.15) is 11.8 Å². The lowest BCUT2D eigenvalue weighted by molar-refractivity contribution is -0.134. The molecule has 2 fully saturated rings. The molecule has 2 heterocycles. The molecule has 2 unspecified atom stereocenters. The molecule has 0 aromatic heterocycles. The van der Waals surface area contributed by atoms with E-state index in [4.69, 9.17) is 4.74 Å². The third kappa shape index (κ3) is 4.96. The van der Waals surface area contributed by atoms with Gasteiger partial charge in [-0.05, 0) is 36.1 Å². The van der Waals surface area contributed by atoms with E-state index in [-0.39, 0.29) is 18.0 Å². The van der Waals surface area contributed by atoms with Gasteiger partial charge in [0, 0.05) is 38.8 Å². The largest absolute Gasteiger partial charge is 0.497 e. The molecule has 2 N–H and O–H groups in total. The third-order valence-corrected chi connectivity index (χ3v) is 5.94. The first-order valence-electron chi connectivity index (χ1n) is 10.4. The molecule has 2 aromatic carbocycles. The predicted molar refractivity (Wildman–Crippen MR) is 114 cm³/mol. The van der Waals surface area contributed by atoms with E-state index in [1.54, 1.807) is 7.11 Å². The van der Waals surface area contributed by atoms with E-state index in [2.05, 4.69) is 52.1 Å². The lowest BCUT2D eigenvalue weighted by Crippen LogP contribution is -2.53. The number of hydrogen-bond donors (Lipinski definition) is 2. The van der Waals surface area contributed by atoms with Gasteiger partial charge in [-0.2, -0.15) is 0 Å². The Balaban J connectivity index is 1.24. The number of amides is 1.